The van der Waals surface area contributed by atoms with Gasteiger partial charge in [0.15, 0.2) is 0 Å². The van der Waals surface area contributed by atoms with Gasteiger partial charge in [-0.25, -0.2) is 4.98 Å². The van der Waals surface area contributed by atoms with Crippen molar-refractivity contribution in [1.29, 1.82) is 0 Å². The Bertz CT molecular complexity index is 256. The van der Waals surface area contributed by atoms with Crippen LogP contribution < -0.4 is 0 Å². The fraction of sp³-hybridized carbons (Fsp3) is 0.727. The fourth-order valence-corrected chi connectivity index (χ4v) is 2.69. The standard InChI is InChI=1S/C11H17NS/c1-3-8(2)10-7-13-11(12-10)9-5-4-6-9/h7-9H,3-6H2,1-2H3. The molecule has 1 aliphatic carbocycles. The van der Waals surface area contributed by atoms with E-state index >= 15 is 0 Å². The van der Waals surface area contributed by atoms with Crippen LogP contribution in [-0.2, 0) is 0 Å². The maximum Gasteiger partial charge on any atom is 0.0959 e. The highest BCUT2D eigenvalue weighted by molar-refractivity contribution is 7.09. The van der Waals surface area contributed by atoms with Crippen molar-refractivity contribution in [2.24, 2.45) is 0 Å². The van der Waals surface area contributed by atoms with E-state index in [9.17, 15) is 0 Å². The van der Waals surface area contributed by atoms with E-state index in [4.69, 9.17) is 4.98 Å². The van der Waals surface area contributed by atoms with Crippen LogP contribution in [0.4, 0.5) is 0 Å². The van der Waals surface area contributed by atoms with Crippen LogP contribution in [0.1, 0.15) is 62.1 Å². The average Bonchev–Trinajstić information content (AvgIpc) is 2.49. The highest BCUT2D eigenvalue weighted by Gasteiger charge is 2.22. The first kappa shape index (κ1) is 9.20. The molecule has 1 aromatic heterocycles. The minimum Gasteiger partial charge on any atom is -0.246 e. The second-order valence-electron chi connectivity index (χ2n) is 4.05. The molecule has 1 fully saturated rings. The lowest BCUT2D eigenvalue weighted by Crippen LogP contribution is -2.08. The second kappa shape index (κ2) is 3.79. The molecule has 1 saturated carbocycles. The Kier molecular flexibility index (Phi) is 2.68. The van der Waals surface area contributed by atoms with Crippen molar-refractivity contribution >= 4 is 11.3 Å². The molecule has 2 rings (SSSR count). The summed E-state index contributed by atoms with van der Waals surface area (Å²) in [7, 11) is 0. The molecule has 0 bridgehead atoms. The Morgan fingerprint density at radius 3 is 2.92 bits per heavy atom. The Labute approximate surface area is 84.2 Å². The third-order valence-electron chi connectivity index (χ3n) is 3.11. The molecule has 0 radical (unpaired) electrons. The number of aromatic nitrogens is 1. The Morgan fingerprint density at radius 1 is 1.62 bits per heavy atom. The van der Waals surface area contributed by atoms with E-state index in [0.29, 0.717) is 5.92 Å². The van der Waals surface area contributed by atoms with Crippen LogP contribution in [0.25, 0.3) is 0 Å². The molecule has 1 heterocycles. The molecule has 0 aliphatic heterocycles. The van der Waals surface area contributed by atoms with Gasteiger partial charge in [0.25, 0.3) is 0 Å². The van der Waals surface area contributed by atoms with Crippen LogP contribution in [0, 0.1) is 0 Å². The van der Waals surface area contributed by atoms with E-state index in [1.807, 2.05) is 11.3 Å². The van der Waals surface area contributed by atoms with Gasteiger partial charge in [-0.05, 0) is 25.2 Å². The van der Waals surface area contributed by atoms with Gasteiger partial charge in [0.2, 0.25) is 0 Å². The summed E-state index contributed by atoms with van der Waals surface area (Å²) in [4.78, 5) is 4.72. The summed E-state index contributed by atoms with van der Waals surface area (Å²) < 4.78 is 0. The third-order valence-corrected chi connectivity index (χ3v) is 4.14. The summed E-state index contributed by atoms with van der Waals surface area (Å²) in [5.74, 6) is 1.45. The molecular weight excluding hydrogens is 178 g/mol. The number of rotatable bonds is 3. The zero-order valence-corrected chi connectivity index (χ0v) is 9.23. The van der Waals surface area contributed by atoms with Gasteiger partial charge in [0, 0.05) is 11.3 Å². The molecule has 13 heavy (non-hydrogen) atoms. The largest absolute Gasteiger partial charge is 0.246 e. The molecule has 1 nitrogen and oxygen atoms in total. The molecule has 1 aliphatic rings. The van der Waals surface area contributed by atoms with E-state index in [1.165, 1.54) is 36.4 Å². The van der Waals surface area contributed by atoms with Crippen LogP contribution in [0.15, 0.2) is 5.38 Å². The first-order valence-corrected chi connectivity index (χ1v) is 6.14. The van der Waals surface area contributed by atoms with Crippen LogP contribution in [0.5, 0.6) is 0 Å². The van der Waals surface area contributed by atoms with Crippen LogP contribution in [0.2, 0.25) is 0 Å². The quantitative estimate of drug-likeness (QED) is 0.712. The topological polar surface area (TPSA) is 12.9 Å². The van der Waals surface area contributed by atoms with E-state index < -0.39 is 0 Å². The molecule has 0 amide bonds. The lowest BCUT2D eigenvalue weighted by molar-refractivity contribution is 0.417. The van der Waals surface area contributed by atoms with Crippen molar-refractivity contribution in [1.82, 2.24) is 4.98 Å². The van der Waals surface area contributed by atoms with Crippen molar-refractivity contribution in [2.45, 2.75) is 51.4 Å². The summed E-state index contributed by atoms with van der Waals surface area (Å²) in [6.45, 7) is 4.49. The Morgan fingerprint density at radius 2 is 2.38 bits per heavy atom. The van der Waals surface area contributed by atoms with Gasteiger partial charge >= 0.3 is 0 Å². The molecule has 2 heteroatoms. The summed E-state index contributed by atoms with van der Waals surface area (Å²) >= 11 is 1.87. The first-order chi connectivity index (χ1) is 6.31. The highest BCUT2D eigenvalue weighted by atomic mass is 32.1. The number of hydrogen-bond acceptors (Lipinski definition) is 2. The van der Waals surface area contributed by atoms with Crippen molar-refractivity contribution in [2.75, 3.05) is 0 Å². The van der Waals surface area contributed by atoms with Crippen molar-refractivity contribution < 1.29 is 0 Å². The predicted octanol–water partition coefficient (Wildman–Crippen LogP) is 3.92. The first-order valence-electron chi connectivity index (χ1n) is 5.26. The summed E-state index contributed by atoms with van der Waals surface area (Å²) in [5, 5.41) is 3.64. The second-order valence-corrected chi connectivity index (χ2v) is 4.94. The molecule has 0 aromatic carbocycles. The van der Waals surface area contributed by atoms with E-state index in [0.717, 1.165) is 5.92 Å². The van der Waals surface area contributed by atoms with Gasteiger partial charge in [-0.2, -0.15) is 0 Å². The summed E-state index contributed by atoms with van der Waals surface area (Å²) in [6.07, 6.45) is 5.34. The molecular formula is C11H17NS. The molecule has 0 N–H and O–H groups in total. The monoisotopic (exact) mass is 195 g/mol. The van der Waals surface area contributed by atoms with Crippen LogP contribution in [-0.4, -0.2) is 4.98 Å². The van der Waals surface area contributed by atoms with Gasteiger partial charge in [0.1, 0.15) is 0 Å². The van der Waals surface area contributed by atoms with Crippen molar-refractivity contribution in [3.63, 3.8) is 0 Å². The van der Waals surface area contributed by atoms with E-state index in [-0.39, 0.29) is 0 Å². The Balaban J connectivity index is 2.08. The summed E-state index contributed by atoms with van der Waals surface area (Å²) in [6, 6.07) is 0. The Hall–Kier alpha value is -0.370. The maximum atomic E-state index is 4.72. The number of nitrogens with zero attached hydrogens (tertiary/aromatic N) is 1. The van der Waals surface area contributed by atoms with Gasteiger partial charge in [-0.15, -0.1) is 11.3 Å². The lowest BCUT2D eigenvalue weighted by atomic mass is 9.86. The molecule has 1 unspecified atom stereocenters. The molecule has 72 valence electrons. The average molecular weight is 195 g/mol. The zero-order chi connectivity index (χ0) is 9.26. The molecule has 0 saturated heterocycles. The van der Waals surface area contributed by atoms with Crippen molar-refractivity contribution in [3.8, 4) is 0 Å². The van der Waals surface area contributed by atoms with Gasteiger partial charge in [-0.3, -0.25) is 0 Å². The smallest absolute Gasteiger partial charge is 0.0959 e. The molecule has 0 spiro atoms. The zero-order valence-electron chi connectivity index (χ0n) is 8.42. The van der Waals surface area contributed by atoms with Gasteiger partial charge in [-0.1, -0.05) is 20.3 Å². The van der Waals surface area contributed by atoms with E-state index in [1.54, 1.807) is 0 Å². The van der Waals surface area contributed by atoms with Crippen LogP contribution in [0.3, 0.4) is 0 Å². The lowest BCUT2D eigenvalue weighted by Gasteiger charge is -2.22. The normalized spacial score (nSPS) is 19.8. The van der Waals surface area contributed by atoms with Gasteiger partial charge in [0.05, 0.1) is 10.7 Å². The third kappa shape index (κ3) is 1.78. The van der Waals surface area contributed by atoms with Crippen LogP contribution >= 0.6 is 11.3 Å². The molecule has 1 aromatic rings. The predicted molar refractivity (Wildman–Crippen MR) is 57.4 cm³/mol. The highest BCUT2D eigenvalue weighted by Crippen LogP contribution is 2.38. The SMILES string of the molecule is CCC(C)c1csc(C2CCC2)n1. The molecule has 1 atom stereocenters. The maximum absolute atomic E-state index is 4.72. The summed E-state index contributed by atoms with van der Waals surface area (Å²) in [5.41, 5.74) is 1.31. The minimum absolute atomic E-state index is 0.644. The van der Waals surface area contributed by atoms with E-state index in [2.05, 4.69) is 19.2 Å². The van der Waals surface area contributed by atoms with Gasteiger partial charge < -0.3 is 0 Å². The van der Waals surface area contributed by atoms with Crippen molar-refractivity contribution in [3.05, 3.63) is 16.1 Å². The number of hydrogen-bond donors (Lipinski definition) is 0. The fourth-order valence-electron chi connectivity index (χ4n) is 1.58. The number of thiazole rings is 1. The minimum atomic E-state index is 0.644.